The molecule has 1 aliphatic rings. The van der Waals surface area contributed by atoms with Gasteiger partial charge in [-0.1, -0.05) is 6.07 Å². The fourth-order valence-corrected chi connectivity index (χ4v) is 2.14. The van der Waals surface area contributed by atoms with Crippen molar-refractivity contribution in [1.29, 1.82) is 0 Å². The standard InChI is InChI=1S/C11H13FN2O3/c12-11(9(13)16)4-3-10(17,6-15)8-7(11)2-1-5-14-8/h1-2,5,15,17H,3-4,6H2,(H2,13,16). The molecule has 0 aromatic carbocycles. The summed E-state index contributed by atoms with van der Waals surface area (Å²) in [5, 5.41) is 19.3. The van der Waals surface area contributed by atoms with E-state index in [1.54, 1.807) is 0 Å². The molecule has 2 unspecified atom stereocenters. The van der Waals surface area contributed by atoms with E-state index in [-0.39, 0.29) is 24.1 Å². The van der Waals surface area contributed by atoms with E-state index in [0.29, 0.717) is 0 Å². The highest BCUT2D eigenvalue weighted by Crippen LogP contribution is 2.44. The second-order valence-corrected chi connectivity index (χ2v) is 4.25. The molecule has 0 spiro atoms. The van der Waals surface area contributed by atoms with Crippen LogP contribution in [0.5, 0.6) is 0 Å². The Balaban J connectivity index is 2.63. The van der Waals surface area contributed by atoms with Crippen molar-refractivity contribution in [2.45, 2.75) is 24.1 Å². The highest BCUT2D eigenvalue weighted by molar-refractivity contribution is 5.85. The lowest BCUT2D eigenvalue weighted by atomic mass is 9.75. The summed E-state index contributed by atoms with van der Waals surface area (Å²) in [4.78, 5) is 15.1. The van der Waals surface area contributed by atoms with Gasteiger partial charge >= 0.3 is 0 Å². The number of halogens is 1. The van der Waals surface area contributed by atoms with Crippen LogP contribution in [0.3, 0.4) is 0 Å². The number of carbonyl (C=O) groups excluding carboxylic acids is 1. The van der Waals surface area contributed by atoms with Crippen LogP contribution >= 0.6 is 0 Å². The summed E-state index contributed by atoms with van der Waals surface area (Å²) >= 11 is 0. The SMILES string of the molecule is NC(=O)C1(F)CCC(O)(CO)c2ncccc21. The zero-order valence-corrected chi connectivity index (χ0v) is 9.06. The number of aromatic nitrogens is 1. The largest absolute Gasteiger partial charge is 0.393 e. The summed E-state index contributed by atoms with van der Waals surface area (Å²) in [7, 11) is 0. The van der Waals surface area contributed by atoms with Gasteiger partial charge in [0.25, 0.3) is 5.91 Å². The number of amides is 1. The van der Waals surface area contributed by atoms with Crippen LogP contribution < -0.4 is 5.73 Å². The topological polar surface area (TPSA) is 96.4 Å². The maximum atomic E-state index is 14.5. The molecule has 1 aromatic rings. The lowest BCUT2D eigenvalue weighted by Gasteiger charge is -2.37. The molecule has 0 bridgehead atoms. The van der Waals surface area contributed by atoms with Crippen LogP contribution in [-0.4, -0.2) is 27.7 Å². The van der Waals surface area contributed by atoms with E-state index in [9.17, 15) is 19.4 Å². The second-order valence-electron chi connectivity index (χ2n) is 4.25. The number of nitrogens with two attached hydrogens (primary N) is 1. The van der Waals surface area contributed by atoms with Gasteiger partial charge in [-0.2, -0.15) is 0 Å². The minimum absolute atomic E-state index is 0.0185. The minimum atomic E-state index is -2.33. The molecule has 6 heteroatoms. The van der Waals surface area contributed by atoms with E-state index < -0.39 is 23.8 Å². The Hall–Kier alpha value is -1.53. The summed E-state index contributed by atoms with van der Waals surface area (Å²) in [6.45, 7) is -0.578. The number of pyridine rings is 1. The Morgan fingerprint density at radius 1 is 1.59 bits per heavy atom. The van der Waals surface area contributed by atoms with Gasteiger partial charge in [-0.05, 0) is 18.9 Å². The van der Waals surface area contributed by atoms with Crippen LogP contribution in [0.25, 0.3) is 0 Å². The number of hydrogen-bond donors (Lipinski definition) is 3. The summed E-state index contributed by atoms with van der Waals surface area (Å²) in [6.07, 6.45) is 0.997. The first-order valence-electron chi connectivity index (χ1n) is 5.22. The van der Waals surface area contributed by atoms with Crippen LogP contribution in [0.4, 0.5) is 4.39 Å². The minimum Gasteiger partial charge on any atom is -0.393 e. The van der Waals surface area contributed by atoms with E-state index in [1.165, 1.54) is 18.3 Å². The highest BCUT2D eigenvalue weighted by Gasteiger charge is 2.50. The molecule has 0 saturated carbocycles. The maximum Gasteiger partial charge on any atom is 0.259 e. The molecule has 4 N–H and O–H groups in total. The van der Waals surface area contributed by atoms with E-state index in [4.69, 9.17) is 5.73 Å². The van der Waals surface area contributed by atoms with E-state index in [0.717, 1.165) is 0 Å². The van der Waals surface area contributed by atoms with Crippen molar-refractivity contribution >= 4 is 5.91 Å². The molecule has 1 amide bonds. The van der Waals surface area contributed by atoms with Crippen molar-refractivity contribution in [3.05, 3.63) is 29.6 Å². The quantitative estimate of drug-likeness (QED) is 0.661. The monoisotopic (exact) mass is 240 g/mol. The van der Waals surface area contributed by atoms with Gasteiger partial charge in [0.15, 0.2) is 0 Å². The summed E-state index contributed by atoms with van der Waals surface area (Å²) < 4.78 is 14.5. The number of nitrogens with zero attached hydrogens (tertiary/aromatic N) is 1. The van der Waals surface area contributed by atoms with Gasteiger partial charge in [0, 0.05) is 11.8 Å². The number of fused-ring (bicyclic) bond motifs is 1. The smallest absolute Gasteiger partial charge is 0.259 e. The number of aliphatic hydroxyl groups is 2. The molecule has 2 atom stereocenters. The lowest BCUT2D eigenvalue weighted by molar-refractivity contribution is -0.134. The van der Waals surface area contributed by atoms with Crippen molar-refractivity contribution in [3.63, 3.8) is 0 Å². The zero-order chi connectivity index (χ0) is 12.7. The molecular weight excluding hydrogens is 227 g/mol. The van der Waals surface area contributed by atoms with E-state index in [1.807, 2.05) is 0 Å². The molecule has 1 aliphatic carbocycles. The third-order valence-electron chi connectivity index (χ3n) is 3.21. The molecule has 0 radical (unpaired) electrons. The Kier molecular flexibility index (Phi) is 2.63. The molecule has 5 nitrogen and oxygen atoms in total. The Bertz CT molecular complexity index is 468. The van der Waals surface area contributed by atoms with Crippen molar-refractivity contribution in [2.24, 2.45) is 5.73 Å². The Morgan fingerprint density at radius 2 is 2.29 bits per heavy atom. The maximum absolute atomic E-state index is 14.5. The molecule has 1 heterocycles. The summed E-state index contributed by atoms with van der Waals surface area (Å²) in [6, 6.07) is 2.81. The van der Waals surface area contributed by atoms with Crippen LogP contribution in [0.15, 0.2) is 18.3 Å². The van der Waals surface area contributed by atoms with E-state index >= 15 is 0 Å². The number of alkyl halides is 1. The van der Waals surface area contributed by atoms with Gasteiger partial charge in [-0.15, -0.1) is 0 Å². The number of hydrogen-bond acceptors (Lipinski definition) is 4. The highest BCUT2D eigenvalue weighted by atomic mass is 19.1. The second kappa shape index (κ2) is 3.75. The molecule has 0 saturated heterocycles. The fraction of sp³-hybridized carbons (Fsp3) is 0.455. The van der Waals surface area contributed by atoms with Crippen molar-refractivity contribution in [2.75, 3.05) is 6.61 Å². The van der Waals surface area contributed by atoms with Crippen molar-refractivity contribution in [3.8, 4) is 0 Å². The van der Waals surface area contributed by atoms with Crippen LogP contribution in [0.2, 0.25) is 0 Å². The zero-order valence-electron chi connectivity index (χ0n) is 9.06. The average Bonchev–Trinajstić information content (AvgIpc) is 2.34. The van der Waals surface area contributed by atoms with Crippen LogP contribution in [0.1, 0.15) is 24.1 Å². The normalized spacial score (nSPS) is 31.9. The molecule has 92 valence electrons. The third-order valence-corrected chi connectivity index (χ3v) is 3.21. The molecule has 2 rings (SSSR count). The molecule has 0 fully saturated rings. The fourth-order valence-electron chi connectivity index (χ4n) is 2.14. The molecule has 0 aliphatic heterocycles. The lowest BCUT2D eigenvalue weighted by Crippen LogP contribution is -2.47. The summed E-state index contributed by atoms with van der Waals surface area (Å²) in [5.41, 5.74) is 1.04. The molecular formula is C11H13FN2O3. The van der Waals surface area contributed by atoms with Crippen molar-refractivity contribution in [1.82, 2.24) is 4.98 Å². The first-order valence-corrected chi connectivity index (χ1v) is 5.22. The number of carbonyl (C=O) groups is 1. The van der Waals surface area contributed by atoms with Crippen molar-refractivity contribution < 1.29 is 19.4 Å². The van der Waals surface area contributed by atoms with Gasteiger partial charge in [0.1, 0.15) is 5.60 Å². The predicted octanol–water partition coefficient (Wildman–Crippen LogP) is -0.295. The van der Waals surface area contributed by atoms with Gasteiger partial charge in [-0.3, -0.25) is 9.78 Å². The van der Waals surface area contributed by atoms with Gasteiger partial charge in [-0.25, -0.2) is 4.39 Å². The average molecular weight is 240 g/mol. The van der Waals surface area contributed by atoms with E-state index in [2.05, 4.69) is 4.98 Å². The van der Waals surface area contributed by atoms with Crippen LogP contribution in [-0.2, 0) is 16.1 Å². The Labute approximate surface area is 97.1 Å². The molecule has 17 heavy (non-hydrogen) atoms. The third kappa shape index (κ3) is 1.60. The van der Waals surface area contributed by atoms with Gasteiger partial charge in [0.05, 0.1) is 12.3 Å². The molecule has 1 aromatic heterocycles. The number of rotatable bonds is 2. The first kappa shape index (κ1) is 11.9. The summed E-state index contributed by atoms with van der Waals surface area (Å²) in [5.74, 6) is -1.10. The van der Waals surface area contributed by atoms with Gasteiger partial charge in [0.2, 0.25) is 5.67 Å². The number of aliphatic hydroxyl groups excluding tert-OH is 1. The predicted molar refractivity (Wildman–Crippen MR) is 56.4 cm³/mol. The first-order chi connectivity index (χ1) is 7.94. The Morgan fingerprint density at radius 3 is 2.88 bits per heavy atom. The number of primary amides is 1. The van der Waals surface area contributed by atoms with Crippen LogP contribution in [0, 0.1) is 0 Å². The van der Waals surface area contributed by atoms with Gasteiger partial charge < -0.3 is 15.9 Å².